The topological polar surface area (TPSA) is 127 Å². The van der Waals surface area contributed by atoms with Crippen LogP contribution < -0.4 is 4.72 Å². The van der Waals surface area contributed by atoms with E-state index < -0.39 is 44.9 Å². The Labute approximate surface area is 108 Å². The van der Waals surface area contributed by atoms with Gasteiger partial charge in [-0.2, -0.15) is 5.26 Å². The Kier molecular flexibility index (Phi) is 4.55. The lowest BCUT2D eigenvalue weighted by atomic mass is 10.2. The molecule has 9 heteroatoms. The smallest absolute Gasteiger partial charge is 0.333 e. The van der Waals surface area contributed by atoms with Crippen LogP contribution in [0.3, 0.4) is 0 Å². The summed E-state index contributed by atoms with van der Waals surface area (Å²) in [5, 5.41) is 25.9. The minimum atomic E-state index is -4.13. The SMILES string of the molecule is N#Cc1cc(S(=O)(=O)NCC(O)C(=O)O)ccc1F. The molecule has 0 saturated carbocycles. The fourth-order valence-electron chi connectivity index (χ4n) is 1.12. The van der Waals surface area contributed by atoms with Gasteiger partial charge in [-0.05, 0) is 18.2 Å². The molecule has 0 saturated heterocycles. The van der Waals surface area contributed by atoms with Crippen LogP contribution in [0.15, 0.2) is 23.1 Å². The molecule has 0 amide bonds. The van der Waals surface area contributed by atoms with Crippen LogP contribution in [0.1, 0.15) is 5.56 Å². The Morgan fingerprint density at radius 2 is 2.16 bits per heavy atom. The average molecular weight is 288 g/mol. The van der Waals surface area contributed by atoms with E-state index in [1.165, 1.54) is 6.07 Å². The van der Waals surface area contributed by atoms with Gasteiger partial charge >= 0.3 is 5.97 Å². The second kappa shape index (κ2) is 5.75. The van der Waals surface area contributed by atoms with Crippen molar-refractivity contribution in [3.63, 3.8) is 0 Å². The van der Waals surface area contributed by atoms with E-state index in [-0.39, 0.29) is 0 Å². The Hall–Kier alpha value is -2.02. The molecule has 19 heavy (non-hydrogen) atoms. The maximum absolute atomic E-state index is 13.0. The summed E-state index contributed by atoms with van der Waals surface area (Å²) in [5.41, 5.74) is -0.457. The quantitative estimate of drug-likeness (QED) is 0.665. The molecular weight excluding hydrogens is 279 g/mol. The molecule has 1 rings (SSSR count). The van der Waals surface area contributed by atoms with Crippen LogP contribution in [0.4, 0.5) is 4.39 Å². The number of nitrogens with zero attached hydrogens (tertiary/aromatic N) is 1. The lowest BCUT2D eigenvalue weighted by Gasteiger charge is -2.09. The molecule has 0 aromatic heterocycles. The number of rotatable bonds is 5. The molecule has 0 heterocycles. The van der Waals surface area contributed by atoms with E-state index in [2.05, 4.69) is 0 Å². The number of carbonyl (C=O) groups is 1. The van der Waals surface area contributed by atoms with Gasteiger partial charge in [0.15, 0.2) is 6.10 Å². The number of hydrogen-bond acceptors (Lipinski definition) is 5. The van der Waals surface area contributed by atoms with E-state index in [1.54, 1.807) is 0 Å². The third-order valence-corrected chi connectivity index (χ3v) is 3.54. The van der Waals surface area contributed by atoms with E-state index in [4.69, 9.17) is 15.5 Å². The maximum atomic E-state index is 13.0. The second-order valence-corrected chi connectivity index (χ2v) is 5.23. The summed E-state index contributed by atoms with van der Waals surface area (Å²) in [6.07, 6.45) is -1.90. The largest absolute Gasteiger partial charge is 0.479 e. The number of carboxylic acid groups (broad SMARTS) is 1. The molecule has 7 nitrogen and oxygen atoms in total. The highest BCUT2D eigenvalue weighted by Gasteiger charge is 2.20. The first-order valence-corrected chi connectivity index (χ1v) is 6.36. The fourth-order valence-corrected chi connectivity index (χ4v) is 2.18. The van der Waals surface area contributed by atoms with Gasteiger partial charge in [-0.3, -0.25) is 0 Å². The van der Waals surface area contributed by atoms with Crippen LogP contribution in [0.2, 0.25) is 0 Å². The Bertz CT molecular complexity index is 638. The van der Waals surface area contributed by atoms with Gasteiger partial charge in [-0.25, -0.2) is 22.3 Å². The highest BCUT2D eigenvalue weighted by atomic mass is 32.2. The molecule has 3 N–H and O–H groups in total. The zero-order chi connectivity index (χ0) is 14.6. The zero-order valence-electron chi connectivity index (χ0n) is 9.37. The van der Waals surface area contributed by atoms with Gasteiger partial charge < -0.3 is 10.2 Å². The van der Waals surface area contributed by atoms with Gasteiger partial charge in [0.05, 0.1) is 10.5 Å². The molecule has 0 bridgehead atoms. The number of halogens is 1. The van der Waals surface area contributed by atoms with E-state index in [0.717, 1.165) is 18.2 Å². The molecule has 0 fully saturated rings. The highest BCUT2D eigenvalue weighted by Crippen LogP contribution is 2.14. The van der Waals surface area contributed by atoms with Gasteiger partial charge in [0.2, 0.25) is 10.0 Å². The molecule has 102 valence electrons. The first kappa shape index (κ1) is 15.0. The monoisotopic (exact) mass is 288 g/mol. The van der Waals surface area contributed by atoms with E-state index >= 15 is 0 Å². The molecule has 0 spiro atoms. The van der Waals surface area contributed by atoms with Gasteiger partial charge in [-0.1, -0.05) is 0 Å². The van der Waals surface area contributed by atoms with Crippen molar-refractivity contribution in [1.82, 2.24) is 4.72 Å². The Morgan fingerprint density at radius 3 is 2.68 bits per heavy atom. The molecule has 0 aliphatic heterocycles. The van der Waals surface area contributed by atoms with E-state index in [0.29, 0.717) is 0 Å². The third kappa shape index (κ3) is 3.72. The van der Waals surface area contributed by atoms with Crippen LogP contribution in [-0.2, 0) is 14.8 Å². The van der Waals surface area contributed by atoms with Gasteiger partial charge in [0.25, 0.3) is 0 Å². The van der Waals surface area contributed by atoms with Gasteiger partial charge in [0, 0.05) is 6.54 Å². The van der Waals surface area contributed by atoms with Crippen molar-refractivity contribution < 1.29 is 27.8 Å². The van der Waals surface area contributed by atoms with Gasteiger partial charge in [0.1, 0.15) is 11.9 Å². The number of sulfonamides is 1. The Balaban J connectivity index is 2.96. The predicted molar refractivity (Wildman–Crippen MR) is 59.9 cm³/mol. The second-order valence-electron chi connectivity index (χ2n) is 3.46. The number of nitrogens with one attached hydrogen (secondary N) is 1. The number of benzene rings is 1. The summed E-state index contributed by atoms with van der Waals surface area (Å²) in [4.78, 5) is 9.92. The number of carboxylic acids is 1. The van der Waals surface area contributed by atoms with Crippen molar-refractivity contribution in [2.75, 3.05) is 6.54 Å². The lowest BCUT2D eigenvalue weighted by molar-refractivity contribution is -0.146. The zero-order valence-corrected chi connectivity index (χ0v) is 10.2. The first-order chi connectivity index (χ1) is 8.77. The van der Waals surface area contributed by atoms with Crippen LogP contribution >= 0.6 is 0 Å². The van der Waals surface area contributed by atoms with Crippen LogP contribution in [0.5, 0.6) is 0 Å². The number of aliphatic carboxylic acids is 1. The highest BCUT2D eigenvalue weighted by molar-refractivity contribution is 7.89. The van der Waals surface area contributed by atoms with Crippen molar-refractivity contribution >= 4 is 16.0 Å². The maximum Gasteiger partial charge on any atom is 0.333 e. The van der Waals surface area contributed by atoms with Crippen LogP contribution in [-0.4, -0.2) is 37.2 Å². The molecule has 0 aliphatic rings. The van der Waals surface area contributed by atoms with Crippen molar-refractivity contribution in [2.24, 2.45) is 0 Å². The summed E-state index contributed by atoms with van der Waals surface area (Å²) in [6.45, 7) is -0.739. The summed E-state index contributed by atoms with van der Waals surface area (Å²) in [7, 11) is -4.13. The van der Waals surface area contributed by atoms with Crippen molar-refractivity contribution in [1.29, 1.82) is 5.26 Å². The van der Waals surface area contributed by atoms with Crippen LogP contribution in [0, 0.1) is 17.1 Å². The summed E-state index contributed by atoms with van der Waals surface area (Å²) in [5.74, 6) is -2.45. The number of aliphatic hydroxyl groups excluding tert-OH is 1. The minimum Gasteiger partial charge on any atom is -0.479 e. The predicted octanol–water partition coefficient (Wildman–Crippen LogP) is -0.579. The minimum absolute atomic E-state index is 0.400. The molecular formula is C10H9FN2O5S. The van der Waals surface area contributed by atoms with Crippen molar-refractivity contribution in [2.45, 2.75) is 11.0 Å². The summed E-state index contributed by atoms with van der Waals surface area (Å²) < 4.78 is 38.2. The Morgan fingerprint density at radius 1 is 1.53 bits per heavy atom. The normalized spacial score (nSPS) is 12.7. The standard InChI is InChI=1S/C10H9FN2O5S/c11-8-2-1-7(3-6(8)4-12)19(17,18)13-5-9(14)10(15)16/h1-3,9,13-14H,5H2,(H,15,16). The average Bonchev–Trinajstić information content (AvgIpc) is 2.36. The number of nitriles is 1. The molecule has 1 aromatic rings. The first-order valence-electron chi connectivity index (χ1n) is 4.88. The van der Waals surface area contributed by atoms with Gasteiger partial charge in [-0.15, -0.1) is 0 Å². The molecule has 1 unspecified atom stereocenters. The van der Waals surface area contributed by atoms with Crippen molar-refractivity contribution in [3.05, 3.63) is 29.6 Å². The lowest BCUT2D eigenvalue weighted by Crippen LogP contribution is -2.36. The molecule has 1 atom stereocenters. The molecule has 0 aliphatic carbocycles. The van der Waals surface area contributed by atoms with E-state index in [9.17, 15) is 17.6 Å². The third-order valence-electron chi connectivity index (χ3n) is 2.12. The molecule has 1 aromatic carbocycles. The summed E-state index contributed by atoms with van der Waals surface area (Å²) >= 11 is 0. The summed E-state index contributed by atoms with van der Waals surface area (Å²) in [6, 6.07) is 4.02. The fraction of sp³-hybridized carbons (Fsp3) is 0.200. The number of aliphatic hydroxyl groups is 1. The number of hydrogen-bond donors (Lipinski definition) is 3. The van der Waals surface area contributed by atoms with E-state index in [1.807, 2.05) is 4.72 Å². The molecule has 0 radical (unpaired) electrons. The van der Waals surface area contributed by atoms with Crippen LogP contribution in [0.25, 0.3) is 0 Å². The van der Waals surface area contributed by atoms with Crippen molar-refractivity contribution in [3.8, 4) is 6.07 Å².